The molecule has 0 spiro atoms. The Morgan fingerprint density at radius 1 is 1.80 bits per heavy atom. The summed E-state index contributed by atoms with van der Waals surface area (Å²) in [5.41, 5.74) is 0.718. The van der Waals surface area contributed by atoms with E-state index in [-0.39, 0.29) is 0 Å². The van der Waals surface area contributed by atoms with E-state index in [4.69, 9.17) is 6.42 Å². The molecule has 50 valence electrons. The maximum absolute atomic E-state index is 10.2. The third-order valence-corrected chi connectivity index (χ3v) is 2.04. The molecule has 0 bridgehead atoms. The Labute approximate surface area is 63.7 Å². The summed E-state index contributed by atoms with van der Waals surface area (Å²) in [6.07, 6.45) is 6.53. The monoisotopic (exact) mass is 150 g/mol. The number of rotatable bonds is 2. The number of aldehydes is 1. The van der Waals surface area contributed by atoms with Gasteiger partial charge in [-0.2, -0.15) is 0 Å². The molecule has 0 amide bonds. The van der Waals surface area contributed by atoms with Crippen LogP contribution in [0.2, 0.25) is 0 Å². The predicted octanol–water partition coefficient (Wildman–Crippen LogP) is 1.74. The number of hydrogen-bond acceptors (Lipinski definition) is 2. The van der Waals surface area contributed by atoms with Crippen molar-refractivity contribution in [3.63, 3.8) is 0 Å². The first kappa shape index (κ1) is 7.04. The molecule has 0 unspecified atom stereocenters. The van der Waals surface area contributed by atoms with Crippen molar-refractivity contribution in [3.8, 4) is 12.3 Å². The first-order valence-corrected chi connectivity index (χ1v) is 3.71. The number of thiophene rings is 1. The molecule has 0 N–H and O–H groups in total. The highest BCUT2D eigenvalue weighted by Crippen LogP contribution is 2.12. The van der Waals surface area contributed by atoms with E-state index < -0.39 is 0 Å². The van der Waals surface area contributed by atoms with Gasteiger partial charge in [0.2, 0.25) is 0 Å². The molecule has 0 atom stereocenters. The summed E-state index contributed by atoms with van der Waals surface area (Å²) in [6, 6.07) is 1.82. The molecule has 0 aliphatic carbocycles. The topological polar surface area (TPSA) is 17.1 Å². The lowest BCUT2D eigenvalue weighted by Crippen LogP contribution is -1.72. The zero-order valence-corrected chi connectivity index (χ0v) is 6.15. The maximum Gasteiger partial charge on any atom is 0.150 e. The molecule has 1 aromatic heterocycles. The minimum Gasteiger partial charge on any atom is -0.298 e. The van der Waals surface area contributed by atoms with Gasteiger partial charge < -0.3 is 0 Å². The molecule has 0 fully saturated rings. The van der Waals surface area contributed by atoms with Crippen LogP contribution in [0.15, 0.2) is 11.4 Å². The van der Waals surface area contributed by atoms with Crippen molar-refractivity contribution in [2.45, 2.75) is 6.42 Å². The van der Waals surface area contributed by atoms with Gasteiger partial charge in [-0.25, -0.2) is 0 Å². The van der Waals surface area contributed by atoms with E-state index in [1.807, 2.05) is 6.07 Å². The first-order valence-electron chi connectivity index (χ1n) is 2.83. The third-order valence-electron chi connectivity index (χ3n) is 1.09. The summed E-state index contributed by atoms with van der Waals surface area (Å²) in [7, 11) is 0. The van der Waals surface area contributed by atoms with E-state index in [1.54, 1.807) is 5.38 Å². The lowest BCUT2D eigenvalue weighted by atomic mass is 10.3. The Bertz CT molecular complexity index is 267. The number of terminal acetylenes is 1. The Morgan fingerprint density at radius 3 is 3.10 bits per heavy atom. The second kappa shape index (κ2) is 3.19. The molecule has 0 radical (unpaired) electrons. The highest BCUT2D eigenvalue weighted by Gasteiger charge is 1.95. The fourth-order valence-corrected chi connectivity index (χ4v) is 1.43. The normalized spacial score (nSPS) is 8.70. The number of carbonyl (C=O) groups is 1. The van der Waals surface area contributed by atoms with Crippen LogP contribution in [0, 0.1) is 12.3 Å². The van der Waals surface area contributed by atoms with Gasteiger partial charge in [0.15, 0.2) is 6.29 Å². The largest absolute Gasteiger partial charge is 0.298 e. The molecule has 0 aromatic carbocycles. The minimum absolute atomic E-state index is 0.624. The van der Waals surface area contributed by atoms with Crippen LogP contribution in [0.1, 0.15) is 15.2 Å². The van der Waals surface area contributed by atoms with Crippen molar-refractivity contribution < 1.29 is 4.79 Å². The van der Waals surface area contributed by atoms with Crippen LogP contribution >= 0.6 is 11.3 Å². The maximum atomic E-state index is 10.2. The lowest BCUT2D eigenvalue weighted by molar-refractivity contribution is 0.112. The van der Waals surface area contributed by atoms with Gasteiger partial charge in [0, 0.05) is 22.2 Å². The summed E-state index contributed by atoms with van der Waals surface area (Å²) in [5.74, 6) is 2.52. The molecule has 0 saturated heterocycles. The molecule has 0 aliphatic rings. The second-order valence-electron chi connectivity index (χ2n) is 1.85. The summed E-state index contributed by atoms with van der Waals surface area (Å²) < 4.78 is 0. The van der Waals surface area contributed by atoms with Gasteiger partial charge in [-0.05, 0) is 6.07 Å². The molecule has 1 heterocycles. The van der Waals surface area contributed by atoms with E-state index in [9.17, 15) is 4.79 Å². The predicted molar refractivity (Wildman–Crippen MR) is 42.2 cm³/mol. The summed E-state index contributed by atoms with van der Waals surface area (Å²) in [4.78, 5) is 11.3. The van der Waals surface area contributed by atoms with Crippen molar-refractivity contribution in [1.82, 2.24) is 0 Å². The van der Waals surface area contributed by atoms with Gasteiger partial charge in [-0.15, -0.1) is 23.7 Å². The molecule has 1 nitrogen and oxygen atoms in total. The Kier molecular flexibility index (Phi) is 2.24. The second-order valence-corrected chi connectivity index (χ2v) is 2.84. The van der Waals surface area contributed by atoms with Crippen LogP contribution in [0.3, 0.4) is 0 Å². The molecule has 2 heteroatoms. The fourth-order valence-electron chi connectivity index (χ4n) is 0.653. The Balaban J connectivity index is 2.80. The van der Waals surface area contributed by atoms with E-state index in [0.29, 0.717) is 6.42 Å². The SMILES string of the molecule is C#CCc1cc(C=O)cs1. The standard InChI is InChI=1S/C8H6OS/c1-2-3-8-4-7(5-9)6-10-8/h1,4-6H,3H2. The smallest absolute Gasteiger partial charge is 0.150 e. The molecule has 0 saturated carbocycles. The van der Waals surface area contributed by atoms with E-state index in [1.165, 1.54) is 11.3 Å². The van der Waals surface area contributed by atoms with Crippen molar-refractivity contribution in [1.29, 1.82) is 0 Å². The van der Waals surface area contributed by atoms with E-state index in [0.717, 1.165) is 16.7 Å². The zero-order chi connectivity index (χ0) is 7.40. The van der Waals surface area contributed by atoms with Gasteiger partial charge in [0.25, 0.3) is 0 Å². The van der Waals surface area contributed by atoms with Gasteiger partial charge in [-0.1, -0.05) is 0 Å². The van der Waals surface area contributed by atoms with Crippen LogP contribution in [-0.4, -0.2) is 6.29 Å². The average molecular weight is 150 g/mol. The molecule has 1 rings (SSSR count). The number of carbonyl (C=O) groups excluding carboxylic acids is 1. The molecular formula is C8H6OS. The highest BCUT2D eigenvalue weighted by molar-refractivity contribution is 7.10. The Morgan fingerprint density at radius 2 is 2.60 bits per heavy atom. The van der Waals surface area contributed by atoms with Gasteiger partial charge >= 0.3 is 0 Å². The third kappa shape index (κ3) is 1.46. The quantitative estimate of drug-likeness (QED) is 0.463. The number of hydrogen-bond donors (Lipinski definition) is 0. The summed E-state index contributed by atoms with van der Waals surface area (Å²) in [6.45, 7) is 0. The average Bonchev–Trinajstić information content (AvgIpc) is 2.37. The van der Waals surface area contributed by atoms with Crippen LogP contribution in [0.4, 0.5) is 0 Å². The van der Waals surface area contributed by atoms with Crippen LogP contribution in [0.5, 0.6) is 0 Å². The van der Waals surface area contributed by atoms with Crippen molar-refractivity contribution in [2.24, 2.45) is 0 Å². The summed E-state index contributed by atoms with van der Waals surface area (Å²) in [5, 5.41) is 1.81. The van der Waals surface area contributed by atoms with Crippen LogP contribution in [0.25, 0.3) is 0 Å². The van der Waals surface area contributed by atoms with Crippen molar-refractivity contribution in [2.75, 3.05) is 0 Å². The molecule has 10 heavy (non-hydrogen) atoms. The molecule has 0 aliphatic heterocycles. The highest BCUT2D eigenvalue weighted by atomic mass is 32.1. The van der Waals surface area contributed by atoms with Crippen molar-refractivity contribution >= 4 is 17.6 Å². The molecule has 1 aromatic rings. The van der Waals surface area contributed by atoms with E-state index in [2.05, 4.69) is 5.92 Å². The Hall–Kier alpha value is -1.07. The summed E-state index contributed by atoms with van der Waals surface area (Å²) >= 11 is 1.52. The minimum atomic E-state index is 0.624. The first-order chi connectivity index (χ1) is 4.86. The van der Waals surface area contributed by atoms with Crippen molar-refractivity contribution in [3.05, 3.63) is 21.9 Å². The van der Waals surface area contributed by atoms with E-state index >= 15 is 0 Å². The van der Waals surface area contributed by atoms with Crippen LogP contribution in [-0.2, 0) is 6.42 Å². The lowest BCUT2D eigenvalue weighted by Gasteiger charge is -1.80. The van der Waals surface area contributed by atoms with Gasteiger partial charge in [-0.3, -0.25) is 4.79 Å². The fraction of sp³-hybridized carbons (Fsp3) is 0.125. The van der Waals surface area contributed by atoms with Crippen LogP contribution < -0.4 is 0 Å². The van der Waals surface area contributed by atoms with Gasteiger partial charge in [0.05, 0.1) is 0 Å². The molecular weight excluding hydrogens is 144 g/mol. The zero-order valence-electron chi connectivity index (χ0n) is 5.33. The van der Waals surface area contributed by atoms with Gasteiger partial charge in [0.1, 0.15) is 0 Å².